The van der Waals surface area contributed by atoms with Crippen molar-refractivity contribution in [2.45, 2.75) is 19.3 Å². The third kappa shape index (κ3) is 3.13. The quantitative estimate of drug-likeness (QED) is 0.903. The number of nitrogens with one attached hydrogen (secondary N) is 1. The van der Waals surface area contributed by atoms with Gasteiger partial charge in [-0.3, -0.25) is 0 Å². The molecule has 0 bridgehead atoms. The largest absolute Gasteiger partial charge is 0.497 e. The Morgan fingerprint density at radius 2 is 2.24 bits per heavy atom. The van der Waals surface area contributed by atoms with Crippen LogP contribution in [0.4, 0.5) is 5.69 Å². The lowest BCUT2D eigenvalue weighted by molar-refractivity contribution is 0.414. The maximum absolute atomic E-state index is 8.76. The van der Waals surface area contributed by atoms with E-state index in [1.54, 1.807) is 7.11 Å². The summed E-state index contributed by atoms with van der Waals surface area (Å²) >= 11 is 3.45. The number of hydrogen-bond acceptors (Lipinski definition) is 3. The molecule has 0 saturated heterocycles. The number of rotatable bonds is 5. The summed E-state index contributed by atoms with van der Waals surface area (Å²) in [6.07, 6.45) is 2.95. The van der Waals surface area contributed by atoms with Gasteiger partial charge in [0, 0.05) is 34.6 Å². The fourth-order valence-corrected chi connectivity index (χ4v) is 2.30. The molecule has 0 aromatic heterocycles. The van der Waals surface area contributed by atoms with Crippen LogP contribution in [0.1, 0.15) is 19.3 Å². The summed E-state index contributed by atoms with van der Waals surface area (Å²) in [7, 11) is 1.66. The zero-order chi connectivity index (χ0) is 12.3. The molecule has 0 unspecified atom stereocenters. The number of nitrogens with zero attached hydrogens (tertiary/aromatic N) is 1. The molecular formula is C13H15BrN2O. The van der Waals surface area contributed by atoms with Crippen LogP contribution in [-0.2, 0) is 0 Å². The predicted molar refractivity (Wildman–Crippen MR) is 71.1 cm³/mol. The van der Waals surface area contributed by atoms with Gasteiger partial charge in [0.1, 0.15) is 5.75 Å². The van der Waals surface area contributed by atoms with Crippen LogP contribution in [0.15, 0.2) is 22.7 Å². The molecule has 1 aliphatic rings. The third-order valence-corrected chi connectivity index (χ3v) is 3.64. The smallest absolute Gasteiger partial charge is 0.122 e. The fourth-order valence-electron chi connectivity index (χ4n) is 1.83. The Kier molecular flexibility index (Phi) is 3.58. The first-order valence-corrected chi connectivity index (χ1v) is 6.42. The van der Waals surface area contributed by atoms with Crippen molar-refractivity contribution >= 4 is 21.6 Å². The Morgan fingerprint density at radius 1 is 1.47 bits per heavy atom. The standard InChI is InChI=1S/C13H15BrN2O/c1-17-12-7-10(14)6-11(8-12)16-9-13(2-3-13)4-5-15/h6-8,16H,2-4,9H2,1H3. The van der Waals surface area contributed by atoms with E-state index in [4.69, 9.17) is 10.00 Å². The molecule has 1 fully saturated rings. The number of ether oxygens (including phenoxy) is 1. The highest BCUT2D eigenvalue weighted by Gasteiger charge is 2.42. The van der Waals surface area contributed by atoms with Gasteiger partial charge in [-0.1, -0.05) is 15.9 Å². The molecule has 0 radical (unpaired) electrons. The molecule has 1 aromatic rings. The van der Waals surface area contributed by atoms with Crippen molar-refractivity contribution in [1.82, 2.24) is 0 Å². The minimum Gasteiger partial charge on any atom is -0.497 e. The van der Waals surface area contributed by atoms with Gasteiger partial charge >= 0.3 is 0 Å². The van der Waals surface area contributed by atoms with E-state index in [1.807, 2.05) is 18.2 Å². The molecular weight excluding hydrogens is 280 g/mol. The highest BCUT2D eigenvalue weighted by atomic mass is 79.9. The molecule has 0 aliphatic heterocycles. The van der Waals surface area contributed by atoms with Crippen molar-refractivity contribution in [3.8, 4) is 11.8 Å². The summed E-state index contributed by atoms with van der Waals surface area (Å²) in [6.45, 7) is 0.861. The van der Waals surface area contributed by atoms with Gasteiger partial charge in [0.2, 0.25) is 0 Å². The Balaban J connectivity index is 1.99. The van der Waals surface area contributed by atoms with Crippen LogP contribution < -0.4 is 10.1 Å². The van der Waals surface area contributed by atoms with E-state index >= 15 is 0 Å². The van der Waals surface area contributed by atoms with E-state index < -0.39 is 0 Å². The van der Waals surface area contributed by atoms with E-state index in [-0.39, 0.29) is 5.41 Å². The lowest BCUT2D eigenvalue weighted by Crippen LogP contribution is -2.14. The van der Waals surface area contributed by atoms with Crippen molar-refractivity contribution in [1.29, 1.82) is 5.26 Å². The number of anilines is 1. The normalized spacial score (nSPS) is 16.1. The molecule has 1 aliphatic carbocycles. The minimum atomic E-state index is 0.213. The van der Waals surface area contributed by atoms with Gasteiger partial charge in [0.05, 0.1) is 13.2 Å². The Bertz CT molecular complexity index is 449. The fraction of sp³-hybridized carbons (Fsp3) is 0.462. The molecule has 90 valence electrons. The number of methoxy groups -OCH3 is 1. The van der Waals surface area contributed by atoms with Gasteiger partial charge < -0.3 is 10.1 Å². The van der Waals surface area contributed by atoms with E-state index in [0.29, 0.717) is 6.42 Å². The van der Waals surface area contributed by atoms with Gasteiger partial charge in [0.25, 0.3) is 0 Å². The van der Waals surface area contributed by atoms with Gasteiger partial charge in [-0.2, -0.15) is 5.26 Å². The van der Waals surface area contributed by atoms with E-state index in [9.17, 15) is 0 Å². The number of benzene rings is 1. The van der Waals surface area contributed by atoms with Crippen molar-refractivity contribution < 1.29 is 4.74 Å². The van der Waals surface area contributed by atoms with Crippen LogP contribution in [0.3, 0.4) is 0 Å². The number of halogens is 1. The van der Waals surface area contributed by atoms with E-state index in [0.717, 1.165) is 35.3 Å². The van der Waals surface area contributed by atoms with E-state index in [1.165, 1.54) is 0 Å². The summed E-state index contributed by atoms with van der Waals surface area (Å²) in [5.74, 6) is 0.826. The first-order valence-electron chi connectivity index (χ1n) is 5.63. The highest BCUT2D eigenvalue weighted by molar-refractivity contribution is 9.10. The van der Waals surface area contributed by atoms with Crippen molar-refractivity contribution in [3.05, 3.63) is 22.7 Å². The Morgan fingerprint density at radius 3 is 2.82 bits per heavy atom. The monoisotopic (exact) mass is 294 g/mol. The molecule has 0 heterocycles. The molecule has 0 spiro atoms. The molecule has 3 nitrogen and oxygen atoms in total. The summed E-state index contributed by atoms with van der Waals surface area (Å²) in [5, 5.41) is 12.1. The second-order valence-corrected chi connectivity index (χ2v) is 5.48. The van der Waals surface area contributed by atoms with Crippen LogP contribution in [0, 0.1) is 16.7 Å². The third-order valence-electron chi connectivity index (χ3n) is 3.19. The summed E-state index contributed by atoms with van der Waals surface area (Å²) in [4.78, 5) is 0. The number of hydrogen-bond donors (Lipinski definition) is 1. The molecule has 2 rings (SSSR count). The van der Waals surface area contributed by atoms with Crippen LogP contribution in [0.2, 0.25) is 0 Å². The van der Waals surface area contributed by atoms with Gasteiger partial charge in [0.15, 0.2) is 0 Å². The topological polar surface area (TPSA) is 45.0 Å². The van der Waals surface area contributed by atoms with Gasteiger partial charge in [-0.15, -0.1) is 0 Å². The Hall–Kier alpha value is -1.21. The SMILES string of the molecule is COc1cc(Br)cc(NCC2(CC#N)CC2)c1. The average molecular weight is 295 g/mol. The van der Waals surface area contributed by atoms with Gasteiger partial charge in [-0.05, 0) is 25.0 Å². The van der Waals surface area contributed by atoms with Crippen molar-refractivity contribution in [3.63, 3.8) is 0 Å². The zero-order valence-electron chi connectivity index (χ0n) is 9.79. The molecule has 4 heteroatoms. The second-order valence-electron chi connectivity index (χ2n) is 4.57. The van der Waals surface area contributed by atoms with Gasteiger partial charge in [-0.25, -0.2) is 0 Å². The average Bonchev–Trinajstić information content (AvgIpc) is 3.07. The maximum Gasteiger partial charge on any atom is 0.122 e. The zero-order valence-corrected chi connectivity index (χ0v) is 11.4. The first kappa shape index (κ1) is 12.3. The van der Waals surface area contributed by atoms with Crippen LogP contribution in [0.5, 0.6) is 5.75 Å². The molecule has 1 aromatic carbocycles. The minimum absolute atomic E-state index is 0.213. The summed E-state index contributed by atoms with van der Waals surface area (Å²) in [5.41, 5.74) is 1.24. The van der Waals surface area contributed by atoms with Crippen LogP contribution in [0.25, 0.3) is 0 Å². The molecule has 0 atom stereocenters. The molecule has 0 amide bonds. The second kappa shape index (κ2) is 4.97. The van der Waals surface area contributed by atoms with Crippen molar-refractivity contribution in [2.24, 2.45) is 5.41 Å². The molecule has 1 N–H and O–H groups in total. The van der Waals surface area contributed by atoms with Crippen LogP contribution >= 0.6 is 15.9 Å². The van der Waals surface area contributed by atoms with Crippen molar-refractivity contribution in [2.75, 3.05) is 19.0 Å². The Labute approximate surface area is 110 Å². The summed E-state index contributed by atoms with van der Waals surface area (Å²) in [6, 6.07) is 8.18. The molecule has 1 saturated carbocycles. The molecule has 17 heavy (non-hydrogen) atoms. The number of nitriles is 1. The van der Waals surface area contributed by atoms with E-state index in [2.05, 4.69) is 27.3 Å². The lowest BCUT2D eigenvalue weighted by Gasteiger charge is -2.14. The lowest BCUT2D eigenvalue weighted by atomic mass is 10.0. The summed E-state index contributed by atoms with van der Waals surface area (Å²) < 4.78 is 6.20. The highest BCUT2D eigenvalue weighted by Crippen LogP contribution is 2.48. The first-order chi connectivity index (χ1) is 8.17. The maximum atomic E-state index is 8.76. The predicted octanol–water partition coefficient (Wildman–Crippen LogP) is 3.56. The van der Waals surface area contributed by atoms with Crippen LogP contribution in [-0.4, -0.2) is 13.7 Å².